The summed E-state index contributed by atoms with van der Waals surface area (Å²) in [5.74, 6) is -0.106. The highest BCUT2D eigenvalue weighted by Gasteiger charge is 2.16. The predicted octanol–water partition coefficient (Wildman–Crippen LogP) is 3.48. The second kappa shape index (κ2) is 8.46. The molecular formula is C15H18BrNO4. The van der Waals surface area contributed by atoms with Gasteiger partial charge in [0.25, 0.3) is 0 Å². The van der Waals surface area contributed by atoms with Gasteiger partial charge >= 0.3 is 12.1 Å². The van der Waals surface area contributed by atoms with Crippen LogP contribution in [0.2, 0.25) is 0 Å². The molecule has 0 saturated heterocycles. The fraction of sp³-hybridized carbons (Fsp3) is 0.333. The molecule has 5 nitrogen and oxygen atoms in total. The summed E-state index contributed by atoms with van der Waals surface area (Å²) in [7, 11) is 1.30. The first kappa shape index (κ1) is 17.2. The molecule has 21 heavy (non-hydrogen) atoms. The smallest absolute Gasteiger partial charge is 0.415 e. The average molecular weight is 356 g/mol. The van der Waals surface area contributed by atoms with E-state index in [1.165, 1.54) is 13.2 Å². The number of ether oxygens (including phenoxy) is 2. The highest BCUT2D eigenvalue weighted by molar-refractivity contribution is 9.10. The van der Waals surface area contributed by atoms with Gasteiger partial charge in [-0.15, -0.1) is 0 Å². The lowest BCUT2D eigenvalue weighted by Crippen LogP contribution is -2.33. The SMILES string of the molecule is CCN(CC)C(=O)Oc1c(Br)cccc1/C=C/C(=O)OC. The third kappa shape index (κ3) is 4.90. The topological polar surface area (TPSA) is 55.8 Å². The maximum absolute atomic E-state index is 12.0. The third-order valence-corrected chi connectivity index (χ3v) is 3.43. The monoisotopic (exact) mass is 355 g/mol. The van der Waals surface area contributed by atoms with Crippen LogP contribution in [0.5, 0.6) is 5.75 Å². The van der Waals surface area contributed by atoms with Crippen molar-refractivity contribution in [3.8, 4) is 5.75 Å². The van der Waals surface area contributed by atoms with E-state index in [1.54, 1.807) is 29.2 Å². The number of benzene rings is 1. The minimum Gasteiger partial charge on any atom is -0.466 e. The van der Waals surface area contributed by atoms with E-state index in [4.69, 9.17) is 4.74 Å². The lowest BCUT2D eigenvalue weighted by atomic mass is 10.2. The Morgan fingerprint density at radius 2 is 1.95 bits per heavy atom. The molecule has 114 valence electrons. The van der Waals surface area contributed by atoms with E-state index in [2.05, 4.69) is 20.7 Å². The van der Waals surface area contributed by atoms with E-state index >= 15 is 0 Å². The molecule has 1 rings (SSSR count). The summed E-state index contributed by atoms with van der Waals surface area (Å²) in [4.78, 5) is 24.8. The van der Waals surface area contributed by atoms with Gasteiger partial charge in [-0.05, 0) is 41.9 Å². The molecule has 0 radical (unpaired) electrons. The van der Waals surface area contributed by atoms with Crippen LogP contribution in [-0.2, 0) is 9.53 Å². The standard InChI is InChI=1S/C15H18BrNO4/c1-4-17(5-2)15(19)21-14-11(7-6-8-12(14)16)9-10-13(18)20-3/h6-10H,4-5H2,1-3H3/b10-9+. The first-order valence-corrected chi connectivity index (χ1v) is 7.34. The number of amides is 1. The predicted molar refractivity (Wildman–Crippen MR) is 84.1 cm³/mol. The van der Waals surface area contributed by atoms with Crippen molar-refractivity contribution in [2.45, 2.75) is 13.8 Å². The van der Waals surface area contributed by atoms with Gasteiger partial charge in [0.15, 0.2) is 5.75 Å². The van der Waals surface area contributed by atoms with Crippen molar-refractivity contribution in [1.29, 1.82) is 0 Å². The van der Waals surface area contributed by atoms with E-state index in [0.29, 0.717) is 28.9 Å². The number of nitrogens with zero attached hydrogens (tertiary/aromatic N) is 1. The van der Waals surface area contributed by atoms with E-state index < -0.39 is 12.1 Å². The Hall–Kier alpha value is -1.82. The molecule has 1 aromatic carbocycles. The van der Waals surface area contributed by atoms with Crippen molar-refractivity contribution in [3.63, 3.8) is 0 Å². The third-order valence-electron chi connectivity index (χ3n) is 2.81. The van der Waals surface area contributed by atoms with Crippen molar-refractivity contribution in [2.24, 2.45) is 0 Å². The van der Waals surface area contributed by atoms with Crippen LogP contribution in [0.3, 0.4) is 0 Å². The zero-order valence-electron chi connectivity index (χ0n) is 12.3. The molecule has 0 bridgehead atoms. The maximum Gasteiger partial charge on any atom is 0.415 e. The largest absolute Gasteiger partial charge is 0.466 e. The van der Waals surface area contributed by atoms with Crippen LogP contribution in [0, 0.1) is 0 Å². The number of rotatable bonds is 5. The second-order valence-corrected chi connectivity index (χ2v) is 4.91. The van der Waals surface area contributed by atoms with Gasteiger partial charge in [-0.3, -0.25) is 0 Å². The Balaban J connectivity index is 3.03. The maximum atomic E-state index is 12.0. The van der Waals surface area contributed by atoms with Crippen molar-refractivity contribution in [3.05, 3.63) is 34.3 Å². The molecule has 6 heteroatoms. The number of methoxy groups -OCH3 is 1. The Kier molecular flexibility index (Phi) is 6.94. The van der Waals surface area contributed by atoms with E-state index in [9.17, 15) is 9.59 Å². The van der Waals surface area contributed by atoms with Crippen molar-refractivity contribution in [1.82, 2.24) is 4.90 Å². The van der Waals surface area contributed by atoms with Crippen molar-refractivity contribution in [2.75, 3.05) is 20.2 Å². The Labute approximate surface area is 132 Å². The first-order valence-electron chi connectivity index (χ1n) is 6.54. The van der Waals surface area contributed by atoms with E-state index in [-0.39, 0.29) is 0 Å². The van der Waals surface area contributed by atoms with Gasteiger partial charge in [0.05, 0.1) is 11.6 Å². The van der Waals surface area contributed by atoms with Gasteiger partial charge in [-0.1, -0.05) is 12.1 Å². The van der Waals surface area contributed by atoms with E-state index in [1.807, 2.05) is 13.8 Å². The van der Waals surface area contributed by atoms with Crippen molar-refractivity contribution >= 4 is 34.1 Å². The minimum atomic E-state index is -0.476. The number of carbonyl (C=O) groups excluding carboxylic acids is 2. The van der Waals surface area contributed by atoms with Crippen molar-refractivity contribution < 1.29 is 19.1 Å². The summed E-state index contributed by atoms with van der Waals surface area (Å²) >= 11 is 3.35. The zero-order valence-corrected chi connectivity index (χ0v) is 13.8. The van der Waals surface area contributed by atoms with Crippen LogP contribution >= 0.6 is 15.9 Å². The number of para-hydroxylation sites is 1. The summed E-state index contributed by atoms with van der Waals surface area (Å²) < 4.78 is 10.6. The van der Waals surface area contributed by atoms with Crippen LogP contribution in [0.4, 0.5) is 4.79 Å². The number of hydrogen-bond donors (Lipinski definition) is 0. The summed E-state index contributed by atoms with van der Waals surface area (Å²) in [6.07, 6.45) is 2.39. The fourth-order valence-corrected chi connectivity index (χ4v) is 2.09. The highest BCUT2D eigenvalue weighted by atomic mass is 79.9. The fourth-order valence-electron chi connectivity index (χ4n) is 1.62. The molecule has 0 fully saturated rings. The molecule has 0 heterocycles. The molecule has 0 spiro atoms. The molecule has 0 unspecified atom stereocenters. The number of halogens is 1. The summed E-state index contributed by atoms with van der Waals surface area (Å²) in [6.45, 7) is 4.88. The summed E-state index contributed by atoms with van der Waals surface area (Å²) in [6, 6.07) is 5.30. The van der Waals surface area contributed by atoms with Gasteiger partial charge in [-0.25, -0.2) is 9.59 Å². The first-order chi connectivity index (χ1) is 10.0. The molecular weight excluding hydrogens is 338 g/mol. The van der Waals surface area contributed by atoms with Crippen LogP contribution in [0.1, 0.15) is 19.4 Å². The van der Waals surface area contributed by atoms with Crippen LogP contribution in [-0.4, -0.2) is 37.2 Å². The van der Waals surface area contributed by atoms with Gasteiger partial charge in [0.2, 0.25) is 0 Å². The molecule has 1 amide bonds. The molecule has 1 aromatic rings. The molecule has 0 aliphatic heterocycles. The number of hydrogen-bond acceptors (Lipinski definition) is 4. The lowest BCUT2D eigenvalue weighted by molar-refractivity contribution is -0.134. The number of esters is 1. The van der Waals surface area contributed by atoms with Gasteiger partial charge in [0.1, 0.15) is 0 Å². The van der Waals surface area contributed by atoms with Gasteiger partial charge in [0, 0.05) is 24.7 Å². The van der Waals surface area contributed by atoms with Gasteiger partial charge < -0.3 is 14.4 Å². The van der Waals surface area contributed by atoms with Crippen LogP contribution in [0.25, 0.3) is 6.08 Å². The Bertz CT molecular complexity index is 538. The Morgan fingerprint density at radius 3 is 2.52 bits per heavy atom. The van der Waals surface area contributed by atoms with Crippen LogP contribution in [0.15, 0.2) is 28.7 Å². The number of carbonyl (C=O) groups is 2. The Morgan fingerprint density at radius 1 is 1.29 bits per heavy atom. The zero-order chi connectivity index (χ0) is 15.8. The molecule has 0 aromatic heterocycles. The quantitative estimate of drug-likeness (QED) is 0.599. The molecule has 0 N–H and O–H groups in total. The summed E-state index contributed by atoms with van der Waals surface area (Å²) in [5.41, 5.74) is 0.607. The summed E-state index contributed by atoms with van der Waals surface area (Å²) in [5, 5.41) is 0. The highest BCUT2D eigenvalue weighted by Crippen LogP contribution is 2.30. The molecule has 0 atom stereocenters. The average Bonchev–Trinajstić information content (AvgIpc) is 2.48. The van der Waals surface area contributed by atoms with Gasteiger partial charge in [-0.2, -0.15) is 0 Å². The molecule has 0 aliphatic rings. The molecule has 0 saturated carbocycles. The van der Waals surface area contributed by atoms with Crippen LogP contribution < -0.4 is 4.74 Å². The molecule has 0 aliphatic carbocycles. The second-order valence-electron chi connectivity index (χ2n) is 4.05. The normalized spacial score (nSPS) is 10.5. The lowest BCUT2D eigenvalue weighted by Gasteiger charge is -2.19. The van der Waals surface area contributed by atoms with E-state index in [0.717, 1.165) is 0 Å². The minimum absolute atomic E-state index is 0.370.